The minimum Gasteiger partial charge on any atom is -0.508 e. The first-order valence-electron chi connectivity index (χ1n) is 15.1. The van der Waals surface area contributed by atoms with Crippen molar-refractivity contribution >= 4 is 52.3 Å². The van der Waals surface area contributed by atoms with Gasteiger partial charge in [-0.1, -0.05) is 54.6 Å². The van der Waals surface area contributed by atoms with Gasteiger partial charge in [-0.25, -0.2) is 19.4 Å². The zero-order chi connectivity index (χ0) is 37.5. The number of halogens is 1. The second-order valence-corrected chi connectivity index (χ2v) is 12.4. The minimum absolute atomic E-state index is 0.0516. The molecule has 264 valence electrons. The quantitative estimate of drug-likeness (QED) is 0.130. The van der Waals surface area contributed by atoms with E-state index in [-0.39, 0.29) is 21.7 Å². The van der Waals surface area contributed by atoms with E-state index in [0.717, 1.165) is 0 Å². The van der Waals surface area contributed by atoms with Gasteiger partial charge in [-0.2, -0.15) is 0 Å². The molecular formula is C36H31ClN2O12. The molecule has 0 saturated heterocycles. The molecule has 1 amide bonds. The van der Waals surface area contributed by atoms with Gasteiger partial charge in [-0.15, -0.1) is 0 Å². The molecule has 7 N–H and O–H groups in total. The number of rotatable bonds is 4. The summed E-state index contributed by atoms with van der Waals surface area (Å²) < 4.78 is 0. The number of phenolic OH excluding ortho intramolecular Hbond substituents is 1. The number of likely N-dealkylation sites (N-methyl/N-ethyl adjacent to an activating group) is 1. The molecule has 0 heterocycles. The monoisotopic (exact) mass is 718 g/mol. The number of aliphatic hydroxyl groups excluding tert-OH is 3. The van der Waals surface area contributed by atoms with Crippen LogP contribution >= 0.6 is 11.6 Å². The lowest BCUT2D eigenvalue weighted by atomic mass is 9.55. The number of hydrogen-bond donors (Lipinski definition) is 6. The number of amides is 1. The minimum atomic E-state index is -2.97. The largest absolute Gasteiger partial charge is 0.508 e. The summed E-state index contributed by atoms with van der Waals surface area (Å²) in [4.78, 5) is 71.8. The number of carbonyl (C=O) groups is 5. The second-order valence-electron chi connectivity index (χ2n) is 12.0. The van der Waals surface area contributed by atoms with Crippen LogP contribution in [-0.2, 0) is 24.2 Å². The molecule has 0 aliphatic heterocycles. The summed E-state index contributed by atoms with van der Waals surface area (Å²) in [6.45, 7) is 3.89. The highest BCUT2D eigenvalue weighted by molar-refractivity contribution is 6.33. The number of benzene rings is 3. The van der Waals surface area contributed by atoms with Crippen molar-refractivity contribution in [2.75, 3.05) is 14.1 Å². The van der Waals surface area contributed by atoms with Gasteiger partial charge < -0.3 is 31.3 Å². The van der Waals surface area contributed by atoms with Crippen molar-refractivity contribution in [1.29, 1.82) is 0 Å². The summed E-state index contributed by atoms with van der Waals surface area (Å²) in [5.74, 6) is -10.6. The topological polar surface area (TPSA) is 234 Å². The Morgan fingerprint density at radius 1 is 0.863 bits per heavy atom. The Kier molecular flexibility index (Phi) is 9.90. The molecule has 3 aliphatic carbocycles. The predicted molar refractivity (Wildman–Crippen MR) is 180 cm³/mol. The van der Waals surface area contributed by atoms with Crippen molar-refractivity contribution in [3.05, 3.63) is 124 Å². The first kappa shape index (κ1) is 36.5. The average molecular weight is 719 g/mol. The predicted octanol–water partition coefficient (Wildman–Crippen LogP) is 2.67. The van der Waals surface area contributed by atoms with Crippen molar-refractivity contribution in [3.8, 4) is 5.75 Å². The average Bonchev–Trinajstić information content (AvgIpc) is 3.10. The smallest absolute Gasteiger partial charge is 0.386 e. The highest BCUT2D eigenvalue weighted by Crippen LogP contribution is 2.56. The molecule has 1 saturated carbocycles. The molecular weight excluding hydrogens is 688 g/mol. The summed E-state index contributed by atoms with van der Waals surface area (Å²) in [6, 6.07) is 17.7. The number of hydrogen-bond acceptors (Lipinski definition) is 13. The fourth-order valence-electron chi connectivity index (χ4n) is 6.58. The van der Waals surface area contributed by atoms with Gasteiger partial charge in [0.05, 0.1) is 40.3 Å². The molecule has 0 radical (unpaired) electrons. The SMILES string of the molecule is C=C1c2c(Cl)ccc(O)c2C(O)=C2C(=O)[C@]3(O)C(O)=C(C(N)=O)C(=O)[C@@H](N(C)C)[C@@H]3[C@@H](O)[C@H]12.O=C(OOC(=O)c1ccccc1)c1ccccc1. The molecule has 51 heavy (non-hydrogen) atoms. The maximum atomic E-state index is 13.7. The number of fused-ring (bicyclic) bond motifs is 3. The van der Waals surface area contributed by atoms with Gasteiger partial charge in [0, 0.05) is 16.5 Å². The normalized spacial score (nSPS) is 23.8. The van der Waals surface area contributed by atoms with Gasteiger partial charge in [0.15, 0.2) is 11.4 Å². The van der Waals surface area contributed by atoms with Crippen molar-refractivity contribution in [2.24, 2.45) is 17.6 Å². The van der Waals surface area contributed by atoms with E-state index in [1.54, 1.807) is 60.7 Å². The molecule has 0 bridgehead atoms. The van der Waals surface area contributed by atoms with E-state index >= 15 is 0 Å². The lowest BCUT2D eigenvalue weighted by Gasteiger charge is -2.52. The Morgan fingerprint density at radius 2 is 1.37 bits per heavy atom. The van der Waals surface area contributed by atoms with E-state index in [2.05, 4.69) is 16.4 Å². The Labute approximate surface area is 294 Å². The standard InChI is InChI=1S/C22H21ClN2O8.C14H10O4/c1-6-9-7(23)4-5-8(26)11(9)16(27)12-10(6)17(28)14-15(25(2)3)18(29)13(21(24)32)20(31)22(14,33)19(12)30;15-13(11-7-3-1-4-8-11)17-18-14(16)12-9-5-2-6-10-12/h4-5,10,14-15,17,26-28,31,33H,1H2,2-3H3,(H2,24,32);1-10H/t10-,14-,15+,17+,22+;/m1./s1. The van der Waals surface area contributed by atoms with E-state index in [1.807, 2.05) is 0 Å². The third-order valence-corrected chi connectivity index (χ3v) is 9.20. The first-order chi connectivity index (χ1) is 24.0. The number of ketones is 2. The molecule has 5 atom stereocenters. The van der Waals surface area contributed by atoms with Crippen molar-refractivity contribution < 1.29 is 59.3 Å². The molecule has 3 aliphatic rings. The number of aromatic hydroxyl groups is 1. The van der Waals surface area contributed by atoms with Crippen molar-refractivity contribution in [3.63, 3.8) is 0 Å². The Balaban J connectivity index is 0.000000236. The zero-order valence-electron chi connectivity index (χ0n) is 26.9. The summed E-state index contributed by atoms with van der Waals surface area (Å²) in [5, 5.41) is 55.0. The number of carbonyl (C=O) groups excluding carboxylic acids is 5. The third-order valence-electron chi connectivity index (χ3n) is 8.88. The van der Waals surface area contributed by atoms with Crippen LogP contribution in [0.2, 0.25) is 5.02 Å². The second kappa shape index (κ2) is 13.8. The summed E-state index contributed by atoms with van der Waals surface area (Å²) in [5.41, 5.74) is 1.27. The van der Waals surface area contributed by atoms with Gasteiger partial charge >= 0.3 is 11.9 Å². The van der Waals surface area contributed by atoms with Crippen LogP contribution in [0, 0.1) is 11.8 Å². The Hall–Kier alpha value is -5.80. The van der Waals surface area contributed by atoms with Gasteiger partial charge in [0.25, 0.3) is 5.91 Å². The highest BCUT2D eigenvalue weighted by atomic mass is 35.5. The molecule has 1 fully saturated rings. The van der Waals surface area contributed by atoms with Crippen LogP contribution in [-0.4, -0.2) is 91.7 Å². The number of Topliss-reactive ketones (excluding diaryl/α,β-unsaturated/α-hetero) is 2. The fraction of sp³-hybridized carbons (Fsp3) is 0.194. The lowest BCUT2D eigenvalue weighted by Crippen LogP contribution is -2.70. The third kappa shape index (κ3) is 6.04. The number of phenols is 1. The van der Waals surface area contributed by atoms with Crippen LogP contribution in [0.15, 0.2) is 96.3 Å². The van der Waals surface area contributed by atoms with Crippen LogP contribution in [0.3, 0.4) is 0 Å². The van der Waals surface area contributed by atoms with Crippen LogP contribution in [0.4, 0.5) is 0 Å². The first-order valence-corrected chi connectivity index (χ1v) is 15.5. The van der Waals surface area contributed by atoms with Gasteiger partial charge in [0.2, 0.25) is 5.78 Å². The van der Waals surface area contributed by atoms with Gasteiger partial charge in [-0.05, 0) is 56.1 Å². The molecule has 0 aromatic heterocycles. The number of nitrogens with zero attached hydrogens (tertiary/aromatic N) is 1. The van der Waals surface area contributed by atoms with Crippen LogP contribution < -0.4 is 5.73 Å². The molecule has 14 nitrogen and oxygen atoms in total. The number of primary amides is 1. The molecule has 15 heteroatoms. The van der Waals surface area contributed by atoms with Gasteiger partial charge in [-0.3, -0.25) is 19.3 Å². The van der Waals surface area contributed by atoms with Crippen LogP contribution in [0.25, 0.3) is 11.3 Å². The lowest BCUT2D eigenvalue weighted by molar-refractivity contribution is -0.187. The highest BCUT2D eigenvalue weighted by Gasteiger charge is 2.68. The molecule has 6 rings (SSSR count). The van der Waals surface area contributed by atoms with Gasteiger partial charge in [0.1, 0.15) is 22.8 Å². The molecule has 3 aromatic carbocycles. The maximum Gasteiger partial charge on any atom is 0.386 e. The Bertz CT molecular complexity index is 1990. The van der Waals surface area contributed by atoms with E-state index in [0.29, 0.717) is 11.1 Å². The van der Waals surface area contributed by atoms with E-state index < -0.39 is 87.4 Å². The molecule has 0 spiro atoms. The van der Waals surface area contributed by atoms with Crippen LogP contribution in [0.1, 0.15) is 31.8 Å². The van der Waals surface area contributed by atoms with E-state index in [9.17, 15) is 49.5 Å². The summed E-state index contributed by atoms with van der Waals surface area (Å²) in [6.07, 6.45) is -1.75. The fourth-order valence-corrected chi connectivity index (χ4v) is 6.86. The molecule has 0 unspecified atom stereocenters. The maximum absolute atomic E-state index is 13.7. The summed E-state index contributed by atoms with van der Waals surface area (Å²) in [7, 11) is 2.84. The number of aliphatic hydroxyl groups is 4. The Morgan fingerprint density at radius 3 is 1.84 bits per heavy atom. The number of nitrogens with two attached hydrogens (primary N) is 1. The van der Waals surface area contributed by atoms with Crippen molar-refractivity contribution in [2.45, 2.75) is 17.7 Å². The summed E-state index contributed by atoms with van der Waals surface area (Å²) >= 11 is 6.25. The zero-order valence-corrected chi connectivity index (χ0v) is 27.7. The van der Waals surface area contributed by atoms with E-state index in [1.165, 1.54) is 31.1 Å². The van der Waals surface area contributed by atoms with Crippen LogP contribution in [0.5, 0.6) is 5.75 Å². The molecule has 3 aromatic rings. The van der Waals surface area contributed by atoms with Crippen molar-refractivity contribution in [1.82, 2.24) is 4.90 Å². The van der Waals surface area contributed by atoms with E-state index in [4.69, 9.17) is 17.3 Å².